The maximum absolute atomic E-state index is 13.1. The van der Waals surface area contributed by atoms with Gasteiger partial charge in [0.25, 0.3) is 0 Å². The molecule has 140 valence electrons. The highest BCUT2D eigenvalue weighted by Gasteiger charge is 2.32. The number of sulfonamides is 1. The predicted octanol–water partition coefficient (Wildman–Crippen LogP) is 3.24. The van der Waals surface area contributed by atoms with E-state index in [4.69, 9.17) is 9.26 Å². The lowest BCUT2D eigenvalue weighted by Crippen LogP contribution is -2.35. The topological polar surface area (TPSA) is 72.6 Å². The maximum Gasteiger partial charge on any atom is 0.243 e. The summed E-state index contributed by atoms with van der Waals surface area (Å²) in [5, 5.41) is 4.05. The van der Waals surface area contributed by atoms with E-state index in [-0.39, 0.29) is 17.3 Å². The Morgan fingerprint density at radius 2 is 1.81 bits per heavy atom. The van der Waals surface area contributed by atoms with Gasteiger partial charge in [-0.2, -0.15) is 4.31 Å². The smallest absolute Gasteiger partial charge is 0.243 e. The summed E-state index contributed by atoms with van der Waals surface area (Å²) in [7, 11) is -2.12. The van der Waals surface area contributed by atoms with Crippen LogP contribution in [-0.2, 0) is 23.0 Å². The molecule has 8 heteroatoms. The fraction of sp³-hybridized carbons (Fsp3) is 0.211. The highest BCUT2D eigenvalue weighted by atomic mass is 32.2. The lowest BCUT2D eigenvalue weighted by molar-refractivity contribution is 0.370. The summed E-state index contributed by atoms with van der Waals surface area (Å²) in [6.07, 6.45) is 0.473. The van der Waals surface area contributed by atoms with Gasteiger partial charge in [-0.25, -0.2) is 12.8 Å². The molecule has 0 radical (unpaired) electrons. The van der Waals surface area contributed by atoms with Gasteiger partial charge in [-0.1, -0.05) is 5.16 Å². The third kappa shape index (κ3) is 3.22. The number of halogens is 1. The van der Waals surface area contributed by atoms with Crippen molar-refractivity contribution < 1.29 is 22.1 Å². The van der Waals surface area contributed by atoms with E-state index < -0.39 is 10.0 Å². The van der Waals surface area contributed by atoms with Crippen LogP contribution in [0.3, 0.4) is 0 Å². The van der Waals surface area contributed by atoms with E-state index in [1.165, 1.54) is 35.7 Å². The minimum absolute atomic E-state index is 0.133. The van der Waals surface area contributed by atoms with Crippen molar-refractivity contribution in [2.45, 2.75) is 17.9 Å². The van der Waals surface area contributed by atoms with Crippen LogP contribution < -0.4 is 4.74 Å². The number of ether oxygens (including phenoxy) is 1. The fourth-order valence-electron chi connectivity index (χ4n) is 3.14. The molecule has 2 heterocycles. The van der Waals surface area contributed by atoms with Gasteiger partial charge in [-0.3, -0.25) is 0 Å². The largest absolute Gasteiger partial charge is 0.497 e. The van der Waals surface area contributed by atoms with Gasteiger partial charge in [-0.15, -0.1) is 0 Å². The molecule has 1 aliphatic rings. The second-order valence-corrected chi connectivity index (χ2v) is 8.15. The highest BCUT2D eigenvalue weighted by molar-refractivity contribution is 7.89. The summed E-state index contributed by atoms with van der Waals surface area (Å²) in [6.45, 7) is 0.450. The fourth-order valence-corrected chi connectivity index (χ4v) is 4.54. The first-order valence-electron chi connectivity index (χ1n) is 8.36. The zero-order chi connectivity index (χ0) is 19.0. The van der Waals surface area contributed by atoms with Gasteiger partial charge in [0.2, 0.25) is 10.0 Å². The number of benzene rings is 2. The van der Waals surface area contributed by atoms with Crippen LogP contribution >= 0.6 is 0 Å². The van der Waals surface area contributed by atoms with E-state index in [2.05, 4.69) is 5.16 Å². The average molecular weight is 388 g/mol. The average Bonchev–Trinajstić information content (AvgIpc) is 3.12. The number of hydrogen-bond donors (Lipinski definition) is 0. The summed E-state index contributed by atoms with van der Waals surface area (Å²) in [6, 6.07) is 12.2. The quantitative estimate of drug-likeness (QED) is 0.686. The first kappa shape index (κ1) is 17.7. The summed E-state index contributed by atoms with van der Waals surface area (Å²) in [5.41, 5.74) is 2.16. The monoisotopic (exact) mass is 388 g/mol. The van der Waals surface area contributed by atoms with Gasteiger partial charge in [0, 0.05) is 17.7 Å². The van der Waals surface area contributed by atoms with E-state index in [9.17, 15) is 12.8 Å². The minimum atomic E-state index is -3.64. The molecule has 0 saturated heterocycles. The lowest BCUT2D eigenvalue weighted by atomic mass is 10.0. The van der Waals surface area contributed by atoms with E-state index in [1.807, 2.05) is 0 Å². The van der Waals surface area contributed by atoms with Crippen molar-refractivity contribution >= 4 is 10.0 Å². The zero-order valence-electron chi connectivity index (χ0n) is 14.6. The second-order valence-electron chi connectivity index (χ2n) is 6.21. The Hall–Kier alpha value is -2.71. The Kier molecular flexibility index (Phi) is 4.45. The molecule has 6 nitrogen and oxygen atoms in total. The number of hydrogen-bond acceptors (Lipinski definition) is 5. The number of fused-ring (bicyclic) bond motifs is 1. The van der Waals surface area contributed by atoms with E-state index in [1.54, 1.807) is 24.3 Å². The molecule has 0 atom stereocenters. The molecular weight excluding hydrogens is 371 g/mol. The molecule has 0 fully saturated rings. The minimum Gasteiger partial charge on any atom is -0.497 e. The Morgan fingerprint density at radius 1 is 1.11 bits per heavy atom. The summed E-state index contributed by atoms with van der Waals surface area (Å²) >= 11 is 0. The molecule has 0 unspecified atom stereocenters. The van der Waals surface area contributed by atoms with Crippen LogP contribution in [0, 0.1) is 5.82 Å². The SMILES string of the molecule is COc1ccc(S(=O)(=O)N2CCc3c(noc3-c3ccc(F)cc3)C2)cc1. The van der Waals surface area contributed by atoms with Crippen LogP contribution in [0.1, 0.15) is 11.3 Å². The van der Waals surface area contributed by atoms with Crippen LogP contribution in [0.25, 0.3) is 11.3 Å². The first-order chi connectivity index (χ1) is 13.0. The van der Waals surface area contributed by atoms with Gasteiger partial charge in [0.15, 0.2) is 5.76 Å². The van der Waals surface area contributed by atoms with Crippen molar-refractivity contribution in [2.75, 3.05) is 13.7 Å². The molecule has 27 heavy (non-hydrogen) atoms. The lowest BCUT2D eigenvalue weighted by Gasteiger charge is -2.25. The van der Waals surface area contributed by atoms with Crippen molar-refractivity contribution in [3.05, 3.63) is 65.6 Å². The Labute approximate surface area is 156 Å². The molecule has 0 spiro atoms. The van der Waals surface area contributed by atoms with E-state index in [0.717, 1.165) is 11.1 Å². The Bertz CT molecular complexity index is 1060. The van der Waals surface area contributed by atoms with Gasteiger partial charge in [0.1, 0.15) is 17.3 Å². The number of aromatic nitrogens is 1. The van der Waals surface area contributed by atoms with Crippen LogP contribution in [0.5, 0.6) is 5.75 Å². The Morgan fingerprint density at radius 3 is 2.48 bits per heavy atom. The number of methoxy groups -OCH3 is 1. The second kappa shape index (κ2) is 6.79. The molecule has 0 saturated carbocycles. The summed E-state index contributed by atoms with van der Waals surface area (Å²) < 4.78 is 50.8. The van der Waals surface area contributed by atoms with Crippen molar-refractivity contribution in [3.8, 4) is 17.1 Å². The first-order valence-corrected chi connectivity index (χ1v) is 9.80. The third-order valence-electron chi connectivity index (χ3n) is 4.61. The van der Waals surface area contributed by atoms with Crippen LogP contribution in [0.4, 0.5) is 4.39 Å². The number of nitrogens with zero attached hydrogens (tertiary/aromatic N) is 2. The van der Waals surface area contributed by atoms with E-state index in [0.29, 0.717) is 30.2 Å². The molecule has 0 N–H and O–H groups in total. The maximum atomic E-state index is 13.1. The predicted molar refractivity (Wildman–Crippen MR) is 96.2 cm³/mol. The van der Waals surface area contributed by atoms with Gasteiger partial charge >= 0.3 is 0 Å². The molecule has 0 bridgehead atoms. The molecule has 0 amide bonds. The summed E-state index contributed by atoms with van der Waals surface area (Å²) in [5.74, 6) is 0.825. The molecule has 0 aliphatic carbocycles. The van der Waals surface area contributed by atoms with Crippen molar-refractivity contribution in [1.82, 2.24) is 9.46 Å². The summed E-state index contributed by atoms with van der Waals surface area (Å²) in [4.78, 5) is 0.203. The van der Waals surface area contributed by atoms with Gasteiger partial charge < -0.3 is 9.26 Å². The van der Waals surface area contributed by atoms with Gasteiger partial charge in [-0.05, 0) is 55.0 Å². The third-order valence-corrected chi connectivity index (χ3v) is 6.47. The zero-order valence-corrected chi connectivity index (χ0v) is 15.4. The van der Waals surface area contributed by atoms with Crippen LogP contribution in [0.15, 0.2) is 57.9 Å². The Balaban J connectivity index is 1.60. The van der Waals surface area contributed by atoms with Crippen molar-refractivity contribution in [1.29, 1.82) is 0 Å². The normalized spacial score (nSPS) is 14.7. The van der Waals surface area contributed by atoms with E-state index >= 15 is 0 Å². The number of rotatable bonds is 4. The molecule has 4 rings (SSSR count). The van der Waals surface area contributed by atoms with Crippen LogP contribution in [-0.4, -0.2) is 31.5 Å². The van der Waals surface area contributed by atoms with Gasteiger partial charge in [0.05, 0.1) is 18.6 Å². The van der Waals surface area contributed by atoms with Crippen LogP contribution in [0.2, 0.25) is 0 Å². The molecule has 2 aromatic carbocycles. The molecule has 1 aliphatic heterocycles. The highest BCUT2D eigenvalue weighted by Crippen LogP contribution is 2.32. The molecule has 3 aromatic rings. The van der Waals surface area contributed by atoms with Crippen molar-refractivity contribution in [3.63, 3.8) is 0 Å². The standard InChI is InChI=1S/C19H17FN2O4S/c1-25-15-6-8-16(9-7-15)27(23,24)22-11-10-17-18(12-22)21-26-19(17)13-2-4-14(20)5-3-13/h2-9H,10-12H2,1H3. The molecule has 1 aromatic heterocycles. The van der Waals surface area contributed by atoms with Crippen molar-refractivity contribution in [2.24, 2.45) is 0 Å². The molecular formula is C19H17FN2O4S.